The molecule has 0 bridgehead atoms. The lowest BCUT2D eigenvalue weighted by Gasteiger charge is -2.32. The molecule has 11 heavy (non-hydrogen) atoms. The fraction of sp³-hybridized carbons (Fsp3) is 1.00. The summed E-state index contributed by atoms with van der Waals surface area (Å²) >= 11 is 0. The summed E-state index contributed by atoms with van der Waals surface area (Å²) in [4.78, 5) is 0. The van der Waals surface area contributed by atoms with Crippen molar-refractivity contribution in [2.75, 3.05) is 13.2 Å². The third kappa shape index (κ3) is 1.67. The highest BCUT2D eigenvalue weighted by Gasteiger charge is 2.38. The van der Waals surface area contributed by atoms with E-state index < -0.39 is 31.1 Å². The highest BCUT2D eigenvalue weighted by molar-refractivity contribution is 4.86. The van der Waals surface area contributed by atoms with Gasteiger partial charge >= 0.3 is 0 Å². The predicted molar refractivity (Wildman–Crippen MR) is 33.7 cm³/mol. The van der Waals surface area contributed by atoms with E-state index in [4.69, 9.17) is 20.1 Å². The van der Waals surface area contributed by atoms with Crippen molar-refractivity contribution in [3.05, 3.63) is 0 Å². The van der Waals surface area contributed by atoms with Crippen LogP contribution in [0.15, 0.2) is 0 Å². The second kappa shape index (κ2) is 3.44. The van der Waals surface area contributed by atoms with E-state index in [0.717, 1.165) is 0 Å². The Kier molecular flexibility index (Phi) is 2.78. The van der Waals surface area contributed by atoms with Gasteiger partial charge in [0, 0.05) is 0 Å². The lowest BCUT2D eigenvalue weighted by atomic mass is 10.0. The molecule has 1 heterocycles. The number of alkyl halides is 1. The van der Waals surface area contributed by atoms with Crippen LogP contribution in [0.3, 0.4) is 0 Å². The Morgan fingerprint density at radius 1 is 1.45 bits per heavy atom. The number of hydrogen-bond donors (Lipinski definition) is 3. The minimum atomic E-state index is -1.72. The molecule has 0 radical (unpaired) electrons. The third-order valence-corrected chi connectivity index (χ3v) is 1.74. The van der Waals surface area contributed by atoms with Gasteiger partial charge in [0.05, 0.1) is 13.2 Å². The summed E-state index contributed by atoms with van der Waals surface area (Å²) in [5.41, 5.74) is 0. The van der Waals surface area contributed by atoms with Gasteiger partial charge in [-0.3, -0.25) is 0 Å². The second-order valence-electron chi connectivity index (χ2n) is 2.56. The van der Waals surface area contributed by atoms with Crippen LogP contribution >= 0.6 is 0 Å². The maximum Gasteiger partial charge on any atom is 0.156 e. The first-order chi connectivity index (χ1) is 5.16. The minimum absolute atomic E-state index is 0.177. The number of ether oxygens (including phenoxy) is 1. The molecule has 0 aromatic rings. The number of rotatable bonds is 1. The molecule has 3 N–H and O–H groups in total. The van der Waals surface area contributed by atoms with E-state index in [1.54, 1.807) is 0 Å². The van der Waals surface area contributed by atoms with Crippen molar-refractivity contribution >= 4 is 0 Å². The SMILES string of the molecule is OCC1OCC(O)C(F)C1O. The normalized spacial score (nSPS) is 45.8. The lowest BCUT2D eigenvalue weighted by Crippen LogP contribution is -2.52. The summed E-state index contributed by atoms with van der Waals surface area (Å²) in [5, 5.41) is 26.3. The van der Waals surface area contributed by atoms with Crippen LogP contribution in [0.5, 0.6) is 0 Å². The molecule has 0 aliphatic carbocycles. The Bertz CT molecular complexity index is 130. The van der Waals surface area contributed by atoms with Crippen LogP contribution in [0.2, 0.25) is 0 Å². The van der Waals surface area contributed by atoms with Crippen molar-refractivity contribution in [2.45, 2.75) is 24.5 Å². The number of hydrogen-bond acceptors (Lipinski definition) is 4. The summed E-state index contributed by atoms with van der Waals surface area (Å²) in [5.74, 6) is 0. The molecule has 4 nitrogen and oxygen atoms in total. The van der Waals surface area contributed by atoms with E-state index in [1.807, 2.05) is 0 Å². The first kappa shape index (κ1) is 8.86. The van der Waals surface area contributed by atoms with E-state index >= 15 is 0 Å². The van der Waals surface area contributed by atoms with E-state index in [9.17, 15) is 4.39 Å². The summed E-state index contributed by atoms with van der Waals surface area (Å²) in [6.07, 6.45) is -5.34. The topological polar surface area (TPSA) is 69.9 Å². The molecule has 1 fully saturated rings. The molecule has 66 valence electrons. The molecular formula is C6H11FO4. The quantitative estimate of drug-likeness (QED) is 0.440. The zero-order valence-corrected chi connectivity index (χ0v) is 5.85. The zero-order valence-electron chi connectivity index (χ0n) is 5.85. The van der Waals surface area contributed by atoms with E-state index in [1.165, 1.54) is 0 Å². The van der Waals surface area contributed by atoms with Crippen molar-refractivity contribution < 1.29 is 24.4 Å². The molecule has 1 aliphatic heterocycles. The van der Waals surface area contributed by atoms with Crippen LogP contribution in [-0.2, 0) is 4.74 Å². The molecule has 0 aromatic carbocycles. The predicted octanol–water partition coefficient (Wildman–Crippen LogP) is -1.56. The monoisotopic (exact) mass is 166 g/mol. The van der Waals surface area contributed by atoms with Crippen LogP contribution < -0.4 is 0 Å². The highest BCUT2D eigenvalue weighted by Crippen LogP contribution is 2.17. The number of aliphatic hydroxyl groups excluding tert-OH is 3. The van der Waals surface area contributed by atoms with Crippen molar-refractivity contribution in [3.8, 4) is 0 Å². The number of aliphatic hydroxyl groups is 3. The fourth-order valence-electron chi connectivity index (χ4n) is 1.01. The average Bonchev–Trinajstić information content (AvgIpc) is 2.01. The van der Waals surface area contributed by atoms with Gasteiger partial charge < -0.3 is 20.1 Å². The lowest BCUT2D eigenvalue weighted by molar-refractivity contribution is -0.174. The molecular weight excluding hydrogens is 155 g/mol. The molecule has 0 spiro atoms. The third-order valence-electron chi connectivity index (χ3n) is 1.74. The maximum atomic E-state index is 12.7. The van der Waals surface area contributed by atoms with E-state index in [0.29, 0.717) is 0 Å². The van der Waals surface area contributed by atoms with Crippen LogP contribution in [-0.4, -0.2) is 53.0 Å². The maximum absolute atomic E-state index is 12.7. The standard InChI is InChI=1S/C6H11FO4/c7-5-3(9)2-11-4(1-8)6(5)10/h3-6,8-10H,1-2H2. The average molecular weight is 166 g/mol. The second-order valence-corrected chi connectivity index (χ2v) is 2.56. The molecule has 1 saturated heterocycles. The van der Waals surface area contributed by atoms with Gasteiger partial charge in [0.15, 0.2) is 6.17 Å². The van der Waals surface area contributed by atoms with Crippen LogP contribution in [0, 0.1) is 0 Å². The molecule has 1 aliphatic rings. The Hall–Kier alpha value is -0.230. The molecule has 1 rings (SSSR count). The van der Waals surface area contributed by atoms with Crippen molar-refractivity contribution in [1.82, 2.24) is 0 Å². The van der Waals surface area contributed by atoms with Crippen LogP contribution in [0.25, 0.3) is 0 Å². The summed E-state index contributed by atoms with van der Waals surface area (Å²) in [6, 6.07) is 0. The molecule has 4 atom stereocenters. The van der Waals surface area contributed by atoms with Gasteiger partial charge in [-0.25, -0.2) is 4.39 Å². The van der Waals surface area contributed by atoms with Gasteiger partial charge in [-0.15, -0.1) is 0 Å². The number of halogens is 1. The summed E-state index contributed by atoms with van der Waals surface area (Å²) in [7, 11) is 0. The Morgan fingerprint density at radius 3 is 2.64 bits per heavy atom. The molecule has 5 heteroatoms. The Balaban J connectivity index is 2.52. The van der Waals surface area contributed by atoms with Gasteiger partial charge in [0.25, 0.3) is 0 Å². The van der Waals surface area contributed by atoms with E-state index in [-0.39, 0.29) is 6.61 Å². The van der Waals surface area contributed by atoms with Gasteiger partial charge in [0.1, 0.15) is 18.3 Å². The van der Waals surface area contributed by atoms with Crippen molar-refractivity contribution in [3.63, 3.8) is 0 Å². The molecule has 4 unspecified atom stereocenters. The Labute approximate surface area is 63.2 Å². The fourth-order valence-corrected chi connectivity index (χ4v) is 1.01. The molecule has 0 amide bonds. The van der Waals surface area contributed by atoms with Gasteiger partial charge in [0.2, 0.25) is 0 Å². The molecule has 0 saturated carbocycles. The first-order valence-corrected chi connectivity index (χ1v) is 3.39. The highest BCUT2D eigenvalue weighted by atomic mass is 19.1. The zero-order chi connectivity index (χ0) is 8.43. The van der Waals surface area contributed by atoms with Gasteiger partial charge in [-0.05, 0) is 0 Å². The van der Waals surface area contributed by atoms with Gasteiger partial charge in [-0.2, -0.15) is 0 Å². The van der Waals surface area contributed by atoms with Crippen molar-refractivity contribution in [1.29, 1.82) is 0 Å². The minimum Gasteiger partial charge on any atom is -0.394 e. The summed E-state index contributed by atoms with van der Waals surface area (Å²) < 4.78 is 17.4. The van der Waals surface area contributed by atoms with Crippen LogP contribution in [0.1, 0.15) is 0 Å². The van der Waals surface area contributed by atoms with Crippen LogP contribution in [0.4, 0.5) is 4.39 Å². The smallest absolute Gasteiger partial charge is 0.156 e. The van der Waals surface area contributed by atoms with E-state index in [2.05, 4.69) is 0 Å². The largest absolute Gasteiger partial charge is 0.394 e. The Morgan fingerprint density at radius 2 is 2.09 bits per heavy atom. The molecule has 0 aromatic heterocycles. The summed E-state index contributed by atoms with van der Waals surface area (Å²) in [6.45, 7) is -0.613. The van der Waals surface area contributed by atoms with Gasteiger partial charge in [-0.1, -0.05) is 0 Å². The first-order valence-electron chi connectivity index (χ1n) is 3.39. The van der Waals surface area contributed by atoms with Crippen molar-refractivity contribution in [2.24, 2.45) is 0 Å².